The van der Waals surface area contributed by atoms with Crippen LogP contribution in [0.3, 0.4) is 0 Å². The predicted molar refractivity (Wildman–Crippen MR) is 136 cm³/mol. The molecule has 0 saturated heterocycles. The highest BCUT2D eigenvalue weighted by molar-refractivity contribution is 6.36. The number of amides is 2. The van der Waals surface area contributed by atoms with Crippen molar-refractivity contribution < 1.29 is 14.3 Å². The van der Waals surface area contributed by atoms with Gasteiger partial charge in [0.2, 0.25) is 0 Å². The van der Waals surface area contributed by atoms with Gasteiger partial charge in [0.25, 0.3) is 11.8 Å². The maximum atomic E-state index is 13.5. The first-order valence-electron chi connectivity index (χ1n) is 11.6. The monoisotopic (exact) mass is 454 g/mol. The third-order valence-corrected chi connectivity index (χ3v) is 5.80. The molecule has 5 nitrogen and oxygen atoms in total. The average Bonchev–Trinajstić information content (AvgIpc) is 3.04. The Morgan fingerprint density at radius 3 is 2.26 bits per heavy atom. The van der Waals surface area contributed by atoms with Crippen LogP contribution in [0.15, 0.2) is 78.5 Å². The molecule has 0 bridgehead atoms. The molecule has 1 aliphatic rings. The third-order valence-electron chi connectivity index (χ3n) is 5.80. The Labute approximate surface area is 201 Å². The molecule has 1 heterocycles. The number of nitrogens with zero attached hydrogens (tertiary/aromatic N) is 1. The fourth-order valence-corrected chi connectivity index (χ4v) is 4.03. The van der Waals surface area contributed by atoms with Crippen molar-refractivity contribution >= 4 is 23.1 Å². The summed E-state index contributed by atoms with van der Waals surface area (Å²) in [7, 11) is 0. The van der Waals surface area contributed by atoms with Gasteiger partial charge in [-0.1, -0.05) is 54.6 Å². The van der Waals surface area contributed by atoms with Crippen LogP contribution in [0.2, 0.25) is 0 Å². The van der Waals surface area contributed by atoms with Crippen molar-refractivity contribution in [2.24, 2.45) is 0 Å². The molecule has 0 unspecified atom stereocenters. The summed E-state index contributed by atoms with van der Waals surface area (Å²) in [6, 6.07) is 23.2. The van der Waals surface area contributed by atoms with E-state index in [0.29, 0.717) is 29.8 Å². The summed E-state index contributed by atoms with van der Waals surface area (Å²) in [5, 5.41) is 3.29. The lowest BCUT2D eigenvalue weighted by Crippen LogP contribution is -2.34. The first kappa shape index (κ1) is 23.3. The van der Waals surface area contributed by atoms with Crippen LogP contribution in [0.4, 0.5) is 5.69 Å². The minimum Gasteiger partial charge on any atom is -0.491 e. The number of hydrogen-bond acceptors (Lipinski definition) is 4. The van der Waals surface area contributed by atoms with Crippen molar-refractivity contribution in [1.82, 2.24) is 4.90 Å². The maximum absolute atomic E-state index is 13.5. The van der Waals surface area contributed by atoms with E-state index >= 15 is 0 Å². The molecule has 0 aromatic heterocycles. The largest absolute Gasteiger partial charge is 0.491 e. The molecule has 0 radical (unpaired) electrons. The Morgan fingerprint density at radius 2 is 1.59 bits per heavy atom. The van der Waals surface area contributed by atoms with Crippen LogP contribution in [-0.4, -0.2) is 29.4 Å². The Hall–Kier alpha value is -3.86. The summed E-state index contributed by atoms with van der Waals surface area (Å²) in [4.78, 5) is 28.4. The van der Waals surface area contributed by atoms with Crippen LogP contribution in [0.25, 0.3) is 5.57 Å². The highest BCUT2D eigenvalue weighted by atomic mass is 16.5. The number of rotatable bonds is 8. The summed E-state index contributed by atoms with van der Waals surface area (Å²) in [5.41, 5.74) is 5.35. The lowest BCUT2D eigenvalue weighted by atomic mass is 10.0. The molecule has 1 N–H and O–H groups in total. The number of anilines is 1. The number of ether oxygens (including phenoxy) is 1. The molecule has 4 rings (SSSR count). The van der Waals surface area contributed by atoms with Gasteiger partial charge in [-0.2, -0.15) is 0 Å². The fraction of sp³-hybridized carbons (Fsp3) is 0.241. The van der Waals surface area contributed by atoms with Gasteiger partial charge in [-0.25, -0.2) is 0 Å². The standard InChI is InChI=1S/C29H30N2O3/c1-19(2)34-24-14-12-23(13-15-24)26-27(30-25-18-20(3)10-11-21(25)4)29(33)31(28(26)32)17-16-22-8-6-5-7-9-22/h5-15,18-19,30H,16-17H2,1-4H3. The molecule has 3 aromatic rings. The summed E-state index contributed by atoms with van der Waals surface area (Å²) >= 11 is 0. The molecule has 2 amide bonds. The Morgan fingerprint density at radius 1 is 0.882 bits per heavy atom. The summed E-state index contributed by atoms with van der Waals surface area (Å²) < 4.78 is 5.75. The number of aryl methyl sites for hydroxylation is 2. The molecule has 5 heteroatoms. The Balaban J connectivity index is 1.69. The van der Waals surface area contributed by atoms with Crippen LogP contribution in [0.5, 0.6) is 5.75 Å². The topological polar surface area (TPSA) is 58.6 Å². The van der Waals surface area contributed by atoms with Crippen molar-refractivity contribution in [2.75, 3.05) is 11.9 Å². The maximum Gasteiger partial charge on any atom is 0.278 e. The molecule has 1 aliphatic heterocycles. The van der Waals surface area contributed by atoms with Crippen LogP contribution >= 0.6 is 0 Å². The summed E-state index contributed by atoms with van der Waals surface area (Å²) in [5.74, 6) is 0.131. The number of nitrogens with one attached hydrogen (secondary N) is 1. The molecule has 0 spiro atoms. The van der Waals surface area contributed by atoms with E-state index in [1.54, 1.807) is 0 Å². The van der Waals surface area contributed by atoms with Crippen molar-refractivity contribution in [3.8, 4) is 5.75 Å². The smallest absolute Gasteiger partial charge is 0.278 e. The number of hydrogen-bond donors (Lipinski definition) is 1. The molecule has 34 heavy (non-hydrogen) atoms. The van der Waals surface area contributed by atoms with Crippen molar-refractivity contribution in [3.63, 3.8) is 0 Å². The second-order valence-electron chi connectivity index (χ2n) is 8.88. The first-order chi connectivity index (χ1) is 16.3. The quantitative estimate of drug-likeness (QED) is 0.455. The van der Waals surface area contributed by atoms with Crippen LogP contribution in [0.1, 0.15) is 36.1 Å². The zero-order valence-corrected chi connectivity index (χ0v) is 20.1. The molecule has 0 atom stereocenters. The van der Waals surface area contributed by atoms with Crippen LogP contribution in [-0.2, 0) is 16.0 Å². The molecule has 0 aliphatic carbocycles. The lowest BCUT2D eigenvalue weighted by molar-refractivity contribution is -0.136. The molecule has 174 valence electrons. The number of benzene rings is 3. The van der Waals surface area contributed by atoms with Gasteiger partial charge in [-0.15, -0.1) is 0 Å². The van der Waals surface area contributed by atoms with Crippen molar-refractivity contribution in [2.45, 2.75) is 40.2 Å². The number of carbonyl (C=O) groups is 2. The third kappa shape index (κ3) is 5.04. The zero-order chi connectivity index (χ0) is 24.2. The van der Waals surface area contributed by atoms with Gasteiger partial charge in [-0.3, -0.25) is 14.5 Å². The van der Waals surface area contributed by atoms with E-state index in [1.165, 1.54) is 4.90 Å². The average molecular weight is 455 g/mol. The van der Waals surface area contributed by atoms with E-state index in [9.17, 15) is 9.59 Å². The summed E-state index contributed by atoms with van der Waals surface area (Å²) in [6.07, 6.45) is 0.651. The molecular weight excluding hydrogens is 424 g/mol. The van der Waals surface area contributed by atoms with Gasteiger partial charge in [-0.05, 0) is 74.6 Å². The van der Waals surface area contributed by atoms with Gasteiger partial charge < -0.3 is 10.1 Å². The minimum atomic E-state index is -0.306. The van der Waals surface area contributed by atoms with E-state index in [4.69, 9.17) is 4.74 Å². The SMILES string of the molecule is Cc1ccc(C)c(NC2=C(c3ccc(OC(C)C)cc3)C(=O)N(CCc3ccccc3)C2=O)c1. The Kier molecular flexibility index (Phi) is 6.82. The van der Waals surface area contributed by atoms with Gasteiger partial charge in [0.05, 0.1) is 11.7 Å². The highest BCUT2D eigenvalue weighted by Gasteiger charge is 2.39. The Bertz CT molecular complexity index is 1230. The van der Waals surface area contributed by atoms with E-state index < -0.39 is 0 Å². The van der Waals surface area contributed by atoms with E-state index in [-0.39, 0.29) is 17.9 Å². The second kappa shape index (κ2) is 9.96. The lowest BCUT2D eigenvalue weighted by Gasteiger charge is -2.16. The molecule has 0 saturated carbocycles. The van der Waals surface area contributed by atoms with E-state index in [0.717, 1.165) is 28.1 Å². The number of imide groups is 1. The highest BCUT2D eigenvalue weighted by Crippen LogP contribution is 2.32. The summed E-state index contributed by atoms with van der Waals surface area (Å²) in [6.45, 7) is 8.23. The second-order valence-corrected chi connectivity index (χ2v) is 8.88. The van der Waals surface area contributed by atoms with Crippen LogP contribution < -0.4 is 10.1 Å². The van der Waals surface area contributed by atoms with Gasteiger partial charge >= 0.3 is 0 Å². The normalized spacial score (nSPS) is 13.7. The fourth-order valence-electron chi connectivity index (χ4n) is 4.03. The molecule has 0 fully saturated rings. The minimum absolute atomic E-state index is 0.0507. The van der Waals surface area contributed by atoms with Gasteiger partial charge in [0, 0.05) is 12.2 Å². The number of carbonyl (C=O) groups excluding carboxylic acids is 2. The predicted octanol–water partition coefficient (Wildman–Crippen LogP) is 5.53. The van der Waals surface area contributed by atoms with Crippen molar-refractivity contribution in [3.05, 3.63) is 101 Å². The van der Waals surface area contributed by atoms with E-state index in [2.05, 4.69) is 5.32 Å². The molecule has 3 aromatic carbocycles. The van der Waals surface area contributed by atoms with E-state index in [1.807, 2.05) is 100 Å². The van der Waals surface area contributed by atoms with Crippen LogP contribution in [0, 0.1) is 13.8 Å². The zero-order valence-electron chi connectivity index (χ0n) is 20.1. The van der Waals surface area contributed by atoms with Crippen molar-refractivity contribution in [1.29, 1.82) is 0 Å². The molecular formula is C29H30N2O3. The first-order valence-corrected chi connectivity index (χ1v) is 11.6. The van der Waals surface area contributed by atoms with Gasteiger partial charge in [0.1, 0.15) is 11.4 Å². The van der Waals surface area contributed by atoms with Gasteiger partial charge in [0.15, 0.2) is 0 Å².